The zero-order valence-electron chi connectivity index (χ0n) is 16.3. The smallest absolute Gasteiger partial charge is 0.242 e. The van der Waals surface area contributed by atoms with E-state index in [0.29, 0.717) is 11.6 Å². The van der Waals surface area contributed by atoms with Crippen molar-refractivity contribution in [2.75, 3.05) is 11.9 Å². The number of carbonyl (C=O) groups excluding carboxylic acids is 1. The van der Waals surface area contributed by atoms with Gasteiger partial charge in [-0.2, -0.15) is 0 Å². The second kappa shape index (κ2) is 8.20. The van der Waals surface area contributed by atoms with E-state index in [1.165, 1.54) is 0 Å². The Balaban J connectivity index is 1.66. The average molecular weight is 416 g/mol. The number of aromatic nitrogens is 3. The molecule has 1 aromatic carbocycles. The molecular formula is C23H21N5OS. The van der Waals surface area contributed by atoms with Gasteiger partial charge in [0.1, 0.15) is 16.7 Å². The van der Waals surface area contributed by atoms with Crippen molar-refractivity contribution >= 4 is 33.3 Å². The Morgan fingerprint density at radius 2 is 1.90 bits per heavy atom. The molecule has 0 spiro atoms. The van der Waals surface area contributed by atoms with E-state index < -0.39 is 0 Å². The summed E-state index contributed by atoms with van der Waals surface area (Å²) in [5.74, 6) is 1.33. The summed E-state index contributed by atoms with van der Waals surface area (Å²) in [5, 5.41) is 9.51. The Morgan fingerprint density at radius 3 is 2.73 bits per heavy atom. The van der Waals surface area contributed by atoms with E-state index in [-0.39, 0.29) is 11.9 Å². The molecule has 7 heteroatoms. The SMILES string of the molecule is O=C1NCCCC[C@H]1Nc1nc(-c2cccnc2)nc2scc(-c3ccccc3)c12. The summed E-state index contributed by atoms with van der Waals surface area (Å²) < 4.78 is 0. The Morgan fingerprint density at radius 1 is 1.03 bits per heavy atom. The van der Waals surface area contributed by atoms with Crippen LogP contribution in [0.15, 0.2) is 60.2 Å². The number of hydrogen-bond acceptors (Lipinski definition) is 6. The van der Waals surface area contributed by atoms with Gasteiger partial charge in [-0.3, -0.25) is 9.78 Å². The summed E-state index contributed by atoms with van der Waals surface area (Å²) in [4.78, 5) is 27.3. The van der Waals surface area contributed by atoms with Crippen molar-refractivity contribution < 1.29 is 4.79 Å². The van der Waals surface area contributed by atoms with Crippen LogP contribution in [0.2, 0.25) is 0 Å². The molecule has 1 amide bonds. The standard InChI is InChI=1S/C23H21N5OS/c29-22-18(10-4-5-12-25-22)26-21-19-17(15-7-2-1-3-8-15)14-30-23(19)28-20(27-21)16-9-6-11-24-13-16/h1-3,6-9,11,13-14,18H,4-5,10,12H2,(H,25,29)(H,26,27,28)/t18-/m1/s1. The number of rotatable bonds is 4. The quantitative estimate of drug-likeness (QED) is 0.513. The van der Waals surface area contributed by atoms with Crippen LogP contribution in [0, 0.1) is 0 Å². The highest BCUT2D eigenvalue weighted by atomic mass is 32.1. The molecule has 1 saturated heterocycles. The van der Waals surface area contributed by atoms with Gasteiger partial charge in [0, 0.05) is 35.4 Å². The molecular weight excluding hydrogens is 394 g/mol. The third kappa shape index (κ3) is 3.64. The predicted molar refractivity (Wildman–Crippen MR) is 120 cm³/mol. The molecule has 0 radical (unpaired) electrons. The Hall–Kier alpha value is -3.32. The first-order chi connectivity index (χ1) is 14.8. The van der Waals surface area contributed by atoms with Crippen LogP contribution in [0.25, 0.3) is 32.7 Å². The van der Waals surface area contributed by atoms with Gasteiger partial charge < -0.3 is 10.6 Å². The van der Waals surface area contributed by atoms with E-state index in [4.69, 9.17) is 9.97 Å². The number of amides is 1. The third-order valence-electron chi connectivity index (χ3n) is 5.28. The molecule has 1 aliphatic heterocycles. The van der Waals surface area contributed by atoms with E-state index in [1.54, 1.807) is 23.7 Å². The molecule has 30 heavy (non-hydrogen) atoms. The van der Waals surface area contributed by atoms with Gasteiger partial charge in [0.25, 0.3) is 0 Å². The van der Waals surface area contributed by atoms with Gasteiger partial charge in [0.2, 0.25) is 5.91 Å². The molecule has 1 fully saturated rings. The maximum absolute atomic E-state index is 12.6. The van der Waals surface area contributed by atoms with Crippen LogP contribution >= 0.6 is 11.3 Å². The number of pyridine rings is 1. The van der Waals surface area contributed by atoms with Crippen LogP contribution in [-0.4, -0.2) is 33.4 Å². The molecule has 2 N–H and O–H groups in total. The Kier molecular flexibility index (Phi) is 5.11. The summed E-state index contributed by atoms with van der Waals surface area (Å²) in [6.45, 7) is 0.727. The largest absolute Gasteiger partial charge is 0.358 e. The highest BCUT2D eigenvalue weighted by Crippen LogP contribution is 2.38. The van der Waals surface area contributed by atoms with E-state index in [9.17, 15) is 4.79 Å². The molecule has 1 atom stereocenters. The fourth-order valence-electron chi connectivity index (χ4n) is 3.74. The lowest BCUT2D eigenvalue weighted by Gasteiger charge is -2.17. The molecule has 0 bridgehead atoms. The molecule has 0 saturated carbocycles. The topological polar surface area (TPSA) is 79.8 Å². The van der Waals surface area contributed by atoms with Gasteiger partial charge >= 0.3 is 0 Å². The molecule has 6 nitrogen and oxygen atoms in total. The number of nitrogens with one attached hydrogen (secondary N) is 2. The lowest BCUT2D eigenvalue weighted by molar-refractivity contribution is -0.121. The van der Waals surface area contributed by atoms with Crippen molar-refractivity contribution in [1.82, 2.24) is 20.3 Å². The fraction of sp³-hybridized carbons (Fsp3) is 0.217. The molecule has 3 aromatic heterocycles. The van der Waals surface area contributed by atoms with Gasteiger partial charge in [-0.1, -0.05) is 30.3 Å². The van der Waals surface area contributed by atoms with Gasteiger partial charge in [0.15, 0.2) is 5.82 Å². The maximum atomic E-state index is 12.6. The molecule has 0 unspecified atom stereocenters. The molecule has 0 aliphatic carbocycles. The van der Waals surface area contributed by atoms with Gasteiger partial charge in [-0.05, 0) is 37.0 Å². The lowest BCUT2D eigenvalue weighted by Crippen LogP contribution is -2.38. The lowest BCUT2D eigenvalue weighted by atomic mass is 10.1. The number of benzene rings is 1. The molecule has 150 valence electrons. The first-order valence-corrected chi connectivity index (χ1v) is 11.0. The van der Waals surface area contributed by atoms with Crippen LogP contribution in [0.4, 0.5) is 5.82 Å². The molecule has 5 rings (SSSR count). The van der Waals surface area contributed by atoms with Crippen LogP contribution in [-0.2, 0) is 4.79 Å². The summed E-state index contributed by atoms with van der Waals surface area (Å²) in [6, 6.07) is 13.7. The third-order valence-corrected chi connectivity index (χ3v) is 6.16. The zero-order valence-corrected chi connectivity index (χ0v) is 17.2. The average Bonchev–Trinajstić information content (AvgIpc) is 3.13. The van der Waals surface area contributed by atoms with Crippen molar-refractivity contribution in [3.8, 4) is 22.5 Å². The first-order valence-electron chi connectivity index (χ1n) is 10.1. The summed E-state index contributed by atoms with van der Waals surface area (Å²) in [7, 11) is 0. The van der Waals surface area contributed by atoms with Crippen molar-refractivity contribution in [3.63, 3.8) is 0 Å². The minimum Gasteiger partial charge on any atom is -0.358 e. The van der Waals surface area contributed by atoms with Crippen molar-refractivity contribution in [2.45, 2.75) is 25.3 Å². The highest BCUT2D eigenvalue weighted by Gasteiger charge is 2.24. The minimum atomic E-state index is -0.309. The number of carbonyl (C=O) groups is 1. The highest BCUT2D eigenvalue weighted by molar-refractivity contribution is 7.17. The first kappa shape index (κ1) is 18.7. The van der Waals surface area contributed by atoms with E-state index in [1.807, 2.05) is 30.3 Å². The molecule has 1 aliphatic rings. The fourth-order valence-corrected chi connectivity index (χ4v) is 4.69. The van der Waals surface area contributed by atoms with Crippen molar-refractivity contribution in [3.05, 3.63) is 60.2 Å². The van der Waals surface area contributed by atoms with Crippen LogP contribution < -0.4 is 10.6 Å². The number of fused-ring (bicyclic) bond motifs is 1. The Bertz CT molecular complexity index is 1180. The number of nitrogens with zero attached hydrogens (tertiary/aromatic N) is 3. The van der Waals surface area contributed by atoms with E-state index in [2.05, 4.69) is 33.1 Å². The summed E-state index contributed by atoms with van der Waals surface area (Å²) in [5.41, 5.74) is 3.03. The zero-order chi connectivity index (χ0) is 20.3. The molecule has 4 aromatic rings. The summed E-state index contributed by atoms with van der Waals surface area (Å²) in [6.07, 6.45) is 6.27. The van der Waals surface area contributed by atoms with Gasteiger partial charge in [-0.15, -0.1) is 11.3 Å². The summed E-state index contributed by atoms with van der Waals surface area (Å²) >= 11 is 1.59. The van der Waals surface area contributed by atoms with Gasteiger partial charge in [-0.25, -0.2) is 9.97 Å². The van der Waals surface area contributed by atoms with Crippen LogP contribution in [0.1, 0.15) is 19.3 Å². The second-order valence-electron chi connectivity index (χ2n) is 7.32. The second-order valence-corrected chi connectivity index (χ2v) is 8.17. The minimum absolute atomic E-state index is 0.0266. The maximum Gasteiger partial charge on any atom is 0.242 e. The normalized spacial score (nSPS) is 16.8. The van der Waals surface area contributed by atoms with Crippen LogP contribution in [0.5, 0.6) is 0 Å². The number of anilines is 1. The van der Waals surface area contributed by atoms with Crippen molar-refractivity contribution in [2.24, 2.45) is 0 Å². The van der Waals surface area contributed by atoms with Crippen LogP contribution in [0.3, 0.4) is 0 Å². The van der Waals surface area contributed by atoms with E-state index >= 15 is 0 Å². The van der Waals surface area contributed by atoms with E-state index in [0.717, 1.165) is 52.7 Å². The molecule has 4 heterocycles. The monoisotopic (exact) mass is 415 g/mol. The van der Waals surface area contributed by atoms with Crippen molar-refractivity contribution in [1.29, 1.82) is 0 Å². The number of thiophene rings is 1. The Labute approximate surface area is 178 Å². The van der Waals surface area contributed by atoms with Gasteiger partial charge in [0.05, 0.1) is 5.39 Å². The number of hydrogen-bond donors (Lipinski definition) is 2. The predicted octanol–water partition coefficient (Wildman–Crippen LogP) is 4.50.